The van der Waals surface area contributed by atoms with E-state index in [1.54, 1.807) is 0 Å². The second-order valence-electron chi connectivity index (χ2n) is 22.1. The third kappa shape index (κ3) is 7.10. The Labute approximate surface area is 432 Å². The molecule has 11 aromatic carbocycles. The van der Waals surface area contributed by atoms with Crippen molar-refractivity contribution in [1.82, 2.24) is 0 Å². The van der Waals surface area contributed by atoms with Crippen LogP contribution in [0.4, 0.5) is 17.1 Å². The van der Waals surface area contributed by atoms with Gasteiger partial charge in [0.2, 0.25) is 0 Å². The quantitative estimate of drug-likeness (QED) is 0.170. The van der Waals surface area contributed by atoms with Gasteiger partial charge < -0.3 is 4.90 Å². The number of anilines is 3. The minimum absolute atomic E-state index is 0.0555. The average molecular weight is 954 g/mol. The first-order valence-corrected chi connectivity index (χ1v) is 26.7. The largest absolute Gasteiger partial charge is 0.310 e. The molecule has 2 aliphatic carbocycles. The van der Waals surface area contributed by atoms with Crippen LogP contribution in [0, 0.1) is 0 Å². The summed E-state index contributed by atoms with van der Waals surface area (Å²) in [5, 5.41) is 7.61. The highest BCUT2D eigenvalue weighted by atomic mass is 32.1. The molecule has 0 aliphatic heterocycles. The molecule has 0 fully saturated rings. The van der Waals surface area contributed by atoms with Gasteiger partial charge in [-0.3, -0.25) is 0 Å². The van der Waals surface area contributed by atoms with Crippen LogP contribution in [0.15, 0.2) is 218 Å². The summed E-state index contributed by atoms with van der Waals surface area (Å²) >= 11 is 1.90. The Kier molecular flexibility index (Phi) is 9.88. The predicted octanol–water partition coefficient (Wildman–Crippen LogP) is 19.9. The highest BCUT2D eigenvalue weighted by molar-refractivity contribution is 7.25. The summed E-state index contributed by atoms with van der Waals surface area (Å²) in [7, 11) is 0. The number of thiophene rings is 1. The maximum atomic E-state index is 2.57. The fourth-order valence-corrected chi connectivity index (χ4v) is 13.6. The topological polar surface area (TPSA) is 3.24 Å². The van der Waals surface area contributed by atoms with Crippen molar-refractivity contribution in [1.29, 1.82) is 0 Å². The van der Waals surface area contributed by atoms with Gasteiger partial charge in [0, 0.05) is 42.5 Å². The lowest BCUT2D eigenvalue weighted by Gasteiger charge is -2.30. The fourth-order valence-electron chi connectivity index (χ4n) is 12.5. The van der Waals surface area contributed by atoms with Crippen molar-refractivity contribution < 1.29 is 0 Å². The van der Waals surface area contributed by atoms with Gasteiger partial charge in [0.1, 0.15) is 0 Å². The van der Waals surface area contributed by atoms with Crippen LogP contribution >= 0.6 is 11.3 Å². The van der Waals surface area contributed by atoms with E-state index in [2.05, 4.69) is 258 Å². The van der Waals surface area contributed by atoms with E-state index in [0.717, 1.165) is 29.9 Å². The third-order valence-electron chi connectivity index (χ3n) is 16.3. The molecule has 73 heavy (non-hydrogen) atoms. The summed E-state index contributed by atoms with van der Waals surface area (Å²) in [5.74, 6) is 0. The molecular weight excluding hydrogens is 899 g/mol. The number of hydrogen-bond acceptors (Lipinski definition) is 2. The SMILES string of the molecule is CC(C)(C)c1ccc2sc3cc(N(c4ccc5c(c4)-c4cc6ccccc6cc4Cc4ccccc4-c4ccccc4C5)c4ccc5ccccc5c4-c4ccc5c(c4)-c4ccccc4C5(C)C)ccc3c2c1. The minimum atomic E-state index is -0.0891. The van der Waals surface area contributed by atoms with Gasteiger partial charge in [0.15, 0.2) is 0 Å². The van der Waals surface area contributed by atoms with Crippen LogP contribution in [0.1, 0.15) is 73.6 Å². The van der Waals surface area contributed by atoms with Crippen molar-refractivity contribution in [2.24, 2.45) is 0 Å². The van der Waals surface area contributed by atoms with Gasteiger partial charge in [-0.15, -0.1) is 11.3 Å². The van der Waals surface area contributed by atoms with Crippen molar-refractivity contribution in [3.8, 4) is 44.5 Å². The first kappa shape index (κ1) is 43.7. The van der Waals surface area contributed by atoms with Gasteiger partial charge in [-0.2, -0.15) is 0 Å². The van der Waals surface area contributed by atoms with E-state index in [4.69, 9.17) is 0 Å². The lowest BCUT2D eigenvalue weighted by molar-refractivity contribution is 0.591. The minimum Gasteiger partial charge on any atom is -0.310 e. The van der Waals surface area contributed by atoms with Gasteiger partial charge in [-0.25, -0.2) is 0 Å². The van der Waals surface area contributed by atoms with Gasteiger partial charge in [-0.05, 0) is 172 Å². The molecular formula is C71H55NS. The molecule has 0 bridgehead atoms. The van der Waals surface area contributed by atoms with E-state index < -0.39 is 0 Å². The van der Waals surface area contributed by atoms with Crippen LogP contribution in [0.2, 0.25) is 0 Å². The van der Waals surface area contributed by atoms with Crippen molar-refractivity contribution in [2.45, 2.75) is 58.3 Å². The van der Waals surface area contributed by atoms with Crippen LogP contribution in [0.5, 0.6) is 0 Å². The number of hydrogen-bond donors (Lipinski definition) is 0. The highest BCUT2D eigenvalue weighted by Crippen LogP contribution is 2.53. The molecule has 0 saturated carbocycles. The van der Waals surface area contributed by atoms with Gasteiger partial charge in [-0.1, -0.05) is 198 Å². The van der Waals surface area contributed by atoms with E-state index in [1.165, 1.54) is 125 Å². The second kappa shape index (κ2) is 16.5. The molecule has 1 nitrogen and oxygen atoms in total. The Morgan fingerprint density at radius 2 is 1.01 bits per heavy atom. The van der Waals surface area contributed by atoms with Crippen molar-refractivity contribution in [2.75, 3.05) is 4.90 Å². The first-order valence-electron chi connectivity index (χ1n) is 25.9. The smallest absolute Gasteiger partial charge is 0.0546 e. The summed E-state index contributed by atoms with van der Waals surface area (Å²) in [6, 6.07) is 83.5. The Morgan fingerprint density at radius 1 is 0.397 bits per heavy atom. The Hall–Kier alpha value is -8.04. The van der Waals surface area contributed by atoms with Crippen molar-refractivity contribution >= 4 is 70.1 Å². The van der Waals surface area contributed by atoms with E-state index in [-0.39, 0.29) is 10.8 Å². The summed E-state index contributed by atoms with van der Waals surface area (Å²) in [6.07, 6.45) is 1.63. The first-order chi connectivity index (χ1) is 35.5. The van der Waals surface area contributed by atoms with Crippen LogP contribution < -0.4 is 4.90 Å². The molecule has 0 spiro atoms. The molecule has 2 heteroatoms. The zero-order valence-electron chi connectivity index (χ0n) is 42.1. The average Bonchev–Trinajstić information content (AvgIpc) is 3.89. The Balaban J connectivity index is 1.05. The molecule has 0 amide bonds. The second-order valence-corrected chi connectivity index (χ2v) is 23.1. The molecule has 0 saturated heterocycles. The molecule has 1 heterocycles. The maximum absolute atomic E-state index is 2.57. The maximum Gasteiger partial charge on any atom is 0.0546 e. The van der Waals surface area contributed by atoms with Gasteiger partial charge in [0.25, 0.3) is 0 Å². The lowest BCUT2D eigenvalue weighted by atomic mass is 9.82. The normalized spacial score (nSPS) is 13.5. The summed E-state index contributed by atoms with van der Waals surface area (Å²) in [5.41, 5.74) is 23.1. The molecule has 1 aromatic heterocycles. The summed E-state index contributed by atoms with van der Waals surface area (Å²) < 4.78 is 2.60. The molecule has 2 aliphatic rings. The van der Waals surface area contributed by atoms with Crippen molar-refractivity contribution in [3.63, 3.8) is 0 Å². The molecule has 350 valence electrons. The number of benzene rings is 11. The van der Waals surface area contributed by atoms with E-state index in [9.17, 15) is 0 Å². The zero-order chi connectivity index (χ0) is 49.2. The van der Waals surface area contributed by atoms with Gasteiger partial charge >= 0.3 is 0 Å². The Bertz CT molecular complexity index is 4230. The molecule has 0 N–H and O–H groups in total. The zero-order valence-corrected chi connectivity index (χ0v) is 42.9. The number of rotatable bonds is 4. The molecule has 12 aromatic rings. The predicted molar refractivity (Wildman–Crippen MR) is 314 cm³/mol. The Morgan fingerprint density at radius 3 is 1.79 bits per heavy atom. The molecule has 0 atom stereocenters. The van der Waals surface area contributed by atoms with Crippen LogP contribution in [-0.4, -0.2) is 0 Å². The number of nitrogens with zero attached hydrogens (tertiary/aromatic N) is 1. The van der Waals surface area contributed by atoms with E-state index in [1.807, 2.05) is 11.3 Å². The third-order valence-corrected chi connectivity index (χ3v) is 17.4. The fraction of sp³-hybridized carbons (Fsp3) is 0.127. The van der Waals surface area contributed by atoms with Crippen LogP contribution in [0.3, 0.4) is 0 Å². The molecule has 0 radical (unpaired) electrons. The molecule has 14 rings (SSSR count). The monoisotopic (exact) mass is 953 g/mol. The van der Waals surface area contributed by atoms with Crippen LogP contribution in [-0.2, 0) is 23.7 Å². The molecule has 0 unspecified atom stereocenters. The summed E-state index contributed by atoms with van der Waals surface area (Å²) in [4.78, 5) is 2.57. The number of fused-ring (bicyclic) bond motifs is 14. The van der Waals surface area contributed by atoms with Crippen molar-refractivity contribution in [3.05, 3.63) is 257 Å². The van der Waals surface area contributed by atoms with E-state index in [0.29, 0.717) is 0 Å². The van der Waals surface area contributed by atoms with Gasteiger partial charge in [0.05, 0.1) is 5.69 Å². The summed E-state index contributed by atoms with van der Waals surface area (Å²) in [6.45, 7) is 11.7. The standard InChI is InChI=1S/C71H55NS/c1-70(2,3)52-29-35-67-63(41-52)59-32-31-54(43-68(59)73-67)72(66-34-28-44-16-8-13-23-57(44)69(66)50-27-33-65-62(40-50)58-24-14-15-25-64(58)71(65,4)5)53-30-26-49-37-47-19-9-11-21-55(47)56-22-12-10-20-48(56)38-51-36-45-17-6-7-18-46(45)39-60(51)61(49)42-53/h6-36,39-43H,37-38H2,1-5H3. The van der Waals surface area contributed by atoms with Crippen LogP contribution in [0.25, 0.3) is 86.2 Å². The highest BCUT2D eigenvalue weighted by Gasteiger charge is 2.36. The van der Waals surface area contributed by atoms with E-state index >= 15 is 0 Å². The lowest BCUT2D eigenvalue weighted by Crippen LogP contribution is -2.14.